The first-order valence-electron chi connectivity index (χ1n) is 9.19. The van der Waals surface area contributed by atoms with E-state index in [0.29, 0.717) is 12.1 Å². The maximum Gasteiger partial charge on any atom is 0.192 e. The lowest BCUT2D eigenvalue weighted by molar-refractivity contribution is 0.590. The average molecular weight is 389 g/mol. The zero-order valence-electron chi connectivity index (χ0n) is 16.5. The second kappa shape index (κ2) is 8.45. The number of allylic oxidation sites excluding steroid dienone is 1. The minimum Gasteiger partial charge on any atom is -0.298 e. The molecule has 1 aromatic heterocycles. The van der Waals surface area contributed by atoms with Gasteiger partial charge in [0, 0.05) is 17.9 Å². The van der Waals surface area contributed by atoms with Gasteiger partial charge in [0.1, 0.15) is 0 Å². The van der Waals surface area contributed by atoms with E-state index in [1.807, 2.05) is 30.3 Å². The molecule has 0 atom stereocenters. The van der Waals surface area contributed by atoms with Gasteiger partial charge in [0.2, 0.25) is 0 Å². The molecule has 0 saturated heterocycles. The van der Waals surface area contributed by atoms with Crippen LogP contribution in [0.3, 0.4) is 0 Å². The van der Waals surface area contributed by atoms with Gasteiger partial charge >= 0.3 is 0 Å². The van der Waals surface area contributed by atoms with E-state index in [1.165, 1.54) is 5.56 Å². The summed E-state index contributed by atoms with van der Waals surface area (Å²) in [4.78, 5) is 0. The molecular weight excluding hydrogens is 364 g/mol. The molecule has 0 aliphatic carbocycles. The highest BCUT2D eigenvalue weighted by Gasteiger charge is 2.16. The summed E-state index contributed by atoms with van der Waals surface area (Å²) in [6, 6.07) is 18.3. The molecule has 2 aromatic carbocycles. The number of nitriles is 1. The summed E-state index contributed by atoms with van der Waals surface area (Å²) in [6.07, 6.45) is 1.86. The van der Waals surface area contributed by atoms with Crippen molar-refractivity contribution in [2.45, 2.75) is 43.6 Å². The second-order valence-electron chi connectivity index (χ2n) is 7.63. The fourth-order valence-corrected chi connectivity index (χ4v) is 3.75. The van der Waals surface area contributed by atoms with Crippen LogP contribution in [-0.2, 0) is 17.7 Å². The molecule has 0 fully saturated rings. The summed E-state index contributed by atoms with van der Waals surface area (Å²) >= 11 is 1.64. The van der Waals surface area contributed by atoms with E-state index in [4.69, 9.17) is 5.26 Å². The quantitative estimate of drug-likeness (QED) is 0.408. The van der Waals surface area contributed by atoms with E-state index in [-0.39, 0.29) is 5.41 Å². The maximum atomic E-state index is 8.92. The van der Waals surface area contributed by atoms with Crippen LogP contribution in [0.4, 0.5) is 0 Å². The van der Waals surface area contributed by atoms with Crippen LogP contribution < -0.4 is 0 Å². The summed E-state index contributed by atoms with van der Waals surface area (Å²) in [5.41, 5.74) is 4.28. The highest BCUT2D eigenvalue weighted by atomic mass is 32.2. The number of aromatic nitrogens is 3. The Morgan fingerprint density at radius 1 is 1.07 bits per heavy atom. The standard InChI is InChI=1S/C23H24N4S/c1-5-14-27-21(19-10-12-20(13-11-19)23(2,3)4)25-26-22(27)28-16-18-8-6-17(15-24)7-9-18/h5-13H,1,14,16H2,2-4H3. The fraction of sp³-hybridized carbons (Fsp3) is 0.261. The number of hydrogen-bond acceptors (Lipinski definition) is 4. The Morgan fingerprint density at radius 3 is 2.32 bits per heavy atom. The van der Waals surface area contributed by atoms with E-state index < -0.39 is 0 Å². The smallest absolute Gasteiger partial charge is 0.192 e. The lowest BCUT2D eigenvalue weighted by Gasteiger charge is -2.19. The molecule has 0 saturated carbocycles. The Hall–Kier alpha value is -2.84. The van der Waals surface area contributed by atoms with Crippen molar-refractivity contribution in [3.63, 3.8) is 0 Å². The van der Waals surface area contributed by atoms with Crippen LogP contribution in [0.15, 0.2) is 66.3 Å². The van der Waals surface area contributed by atoms with Gasteiger partial charge in [-0.3, -0.25) is 4.57 Å². The minimum atomic E-state index is 0.120. The van der Waals surface area contributed by atoms with Crippen molar-refractivity contribution in [2.24, 2.45) is 0 Å². The van der Waals surface area contributed by atoms with E-state index in [2.05, 4.69) is 72.4 Å². The zero-order valence-corrected chi connectivity index (χ0v) is 17.3. The van der Waals surface area contributed by atoms with Gasteiger partial charge in [-0.2, -0.15) is 5.26 Å². The Bertz CT molecular complexity index is 987. The molecule has 0 unspecified atom stereocenters. The van der Waals surface area contributed by atoms with Crippen LogP contribution in [0.5, 0.6) is 0 Å². The minimum absolute atomic E-state index is 0.120. The molecule has 0 amide bonds. The van der Waals surface area contributed by atoms with Crippen LogP contribution in [0.1, 0.15) is 37.5 Å². The second-order valence-corrected chi connectivity index (χ2v) is 8.57. The van der Waals surface area contributed by atoms with Gasteiger partial charge in [0.05, 0.1) is 11.6 Å². The molecule has 3 aromatic rings. The number of nitrogens with zero attached hydrogens (tertiary/aromatic N) is 4. The molecule has 0 radical (unpaired) electrons. The molecule has 4 nitrogen and oxygen atoms in total. The normalized spacial score (nSPS) is 11.2. The summed E-state index contributed by atoms with van der Waals surface area (Å²) in [6.45, 7) is 11.2. The molecule has 0 spiro atoms. The summed E-state index contributed by atoms with van der Waals surface area (Å²) in [5.74, 6) is 1.62. The van der Waals surface area contributed by atoms with E-state index in [1.54, 1.807) is 11.8 Å². The van der Waals surface area contributed by atoms with Gasteiger partial charge in [-0.05, 0) is 28.7 Å². The molecule has 0 N–H and O–H groups in total. The van der Waals surface area contributed by atoms with Gasteiger partial charge in [-0.1, -0.05) is 75.0 Å². The monoisotopic (exact) mass is 388 g/mol. The lowest BCUT2D eigenvalue weighted by atomic mass is 9.87. The number of rotatable bonds is 6. The van der Waals surface area contributed by atoms with Crippen molar-refractivity contribution in [1.82, 2.24) is 14.8 Å². The third-order valence-corrected chi connectivity index (χ3v) is 5.53. The summed E-state index contributed by atoms with van der Waals surface area (Å²) in [7, 11) is 0. The van der Waals surface area contributed by atoms with Crippen LogP contribution in [0.2, 0.25) is 0 Å². The molecule has 0 aliphatic heterocycles. The first-order valence-corrected chi connectivity index (χ1v) is 10.2. The van der Waals surface area contributed by atoms with Gasteiger partial charge < -0.3 is 0 Å². The number of benzene rings is 2. The first kappa shape index (κ1) is 19.9. The van der Waals surface area contributed by atoms with Gasteiger partial charge in [-0.15, -0.1) is 16.8 Å². The molecule has 142 valence electrons. The Morgan fingerprint density at radius 2 is 1.75 bits per heavy atom. The molecule has 5 heteroatoms. The zero-order chi connectivity index (χ0) is 20.1. The van der Waals surface area contributed by atoms with Crippen molar-refractivity contribution >= 4 is 11.8 Å². The molecular formula is C23H24N4S. The fourth-order valence-electron chi connectivity index (χ4n) is 2.85. The van der Waals surface area contributed by atoms with Crippen LogP contribution >= 0.6 is 11.8 Å². The third-order valence-electron chi connectivity index (χ3n) is 4.49. The maximum absolute atomic E-state index is 8.92. The Labute approximate surface area is 170 Å². The van der Waals surface area contributed by atoms with E-state index >= 15 is 0 Å². The molecule has 0 bridgehead atoms. The third kappa shape index (κ3) is 4.52. The van der Waals surface area contributed by atoms with Gasteiger partial charge in [0.15, 0.2) is 11.0 Å². The van der Waals surface area contributed by atoms with Crippen LogP contribution in [-0.4, -0.2) is 14.8 Å². The van der Waals surface area contributed by atoms with Crippen LogP contribution in [0.25, 0.3) is 11.4 Å². The number of thioether (sulfide) groups is 1. The topological polar surface area (TPSA) is 54.5 Å². The average Bonchev–Trinajstić information content (AvgIpc) is 3.09. The SMILES string of the molecule is C=CCn1c(SCc2ccc(C#N)cc2)nnc1-c1ccc(C(C)(C)C)cc1. The van der Waals surface area contributed by atoms with Crippen molar-refractivity contribution in [3.8, 4) is 17.5 Å². The van der Waals surface area contributed by atoms with Crippen molar-refractivity contribution < 1.29 is 0 Å². The predicted octanol–water partition coefficient (Wildman–Crippen LogP) is 5.59. The molecule has 28 heavy (non-hydrogen) atoms. The molecule has 1 heterocycles. The van der Waals surface area contributed by atoms with Gasteiger partial charge in [0.25, 0.3) is 0 Å². The highest BCUT2D eigenvalue weighted by molar-refractivity contribution is 7.98. The van der Waals surface area contributed by atoms with Crippen molar-refractivity contribution in [3.05, 3.63) is 77.9 Å². The van der Waals surface area contributed by atoms with E-state index in [9.17, 15) is 0 Å². The van der Waals surface area contributed by atoms with E-state index in [0.717, 1.165) is 27.9 Å². The Kier molecular flexibility index (Phi) is 6.01. The van der Waals surface area contributed by atoms with Crippen molar-refractivity contribution in [2.75, 3.05) is 0 Å². The van der Waals surface area contributed by atoms with Crippen molar-refractivity contribution in [1.29, 1.82) is 5.26 Å². The largest absolute Gasteiger partial charge is 0.298 e. The Balaban J connectivity index is 1.83. The number of hydrogen-bond donors (Lipinski definition) is 0. The lowest BCUT2D eigenvalue weighted by Crippen LogP contribution is -2.10. The highest BCUT2D eigenvalue weighted by Crippen LogP contribution is 2.29. The molecule has 0 aliphatic rings. The summed E-state index contributed by atoms with van der Waals surface area (Å²) in [5, 5.41) is 18.6. The van der Waals surface area contributed by atoms with Crippen LogP contribution in [0, 0.1) is 11.3 Å². The summed E-state index contributed by atoms with van der Waals surface area (Å²) < 4.78 is 2.09. The first-order chi connectivity index (χ1) is 13.4. The predicted molar refractivity (Wildman–Crippen MR) is 115 cm³/mol. The van der Waals surface area contributed by atoms with Gasteiger partial charge in [-0.25, -0.2) is 0 Å². The molecule has 3 rings (SSSR count).